The molecule has 0 radical (unpaired) electrons. The predicted molar refractivity (Wildman–Crippen MR) is 20.8 cm³/mol. The topological polar surface area (TPSA) is 57.5 Å². The second-order valence-electron chi connectivity index (χ2n) is 0.283. The first-order valence-corrected chi connectivity index (χ1v) is 1.95. The second kappa shape index (κ2) is 3.68. The first-order valence-electron chi connectivity index (χ1n) is 0.651. The fourth-order valence-corrected chi connectivity index (χ4v) is 0. The lowest BCUT2D eigenvalue weighted by atomic mass is 10.8. The number of hydrogen-bond acceptors (Lipinski definition) is 1. The molecular weight excluding hydrogens is 86.9 g/mol. The average molecular weight is 91.9 g/mol. The van der Waals surface area contributed by atoms with Crippen LogP contribution in [0.2, 0.25) is 0 Å². The first-order chi connectivity index (χ1) is 1.73. The normalized spacial score (nSPS) is 4.80. The molecule has 0 spiro atoms. The Balaban J connectivity index is 0. The fourth-order valence-electron chi connectivity index (χ4n) is 0. The molecule has 5 heteroatoms. The van der Waals surface area contributed by atoms with E-state index in [1.165, 1.54) is 0 Å². The molecule has 0 aromatic heterocycles. The van der Waals surface area contributed by atoms with E-state index in [0.29, 0.717) is 0 Å². The van der Waals surface area contributed by atoms with Crippen molar-refractivity contribution in [1.29, 1.82) is 0 Å². The van der Waals surface area contributed by atoms with Crippen LogP contribution in [0.25, 0.3) is 0 Å². The summed E-state index contributed by atoms with van der Waals surface area (Å²) in [5.74, 6) is 0. The van der Waals surface area contributed by atoms with E-state index in [0.717, 1.165) is 0 Å². The molecule has 0 aliphatic heterocycles. The molecule has 0 fully saturated rings. The minimum atomic E-state index is -3.13. The Morgan fingerprint density at radius 3 is 1.40 bits per heavy atom. The minimum absolute atomic E-state index is 0. The zero-order chi connectivity index (χ0) is 3.58. The summed E-state index contributed by atoms with van der Waals surface area (Å²) in [5, 5.41) is 0. The van der Waals surface area contributed by atoms with Crippen molar-refractivity contribution in [2.45, 2.75) is 0 Å². The lowest BCUT2D eigenvalue weighted by molar-refractivity contribution is 0.330. The monoisotopic (exact) mass is 92.0 g/mol. The first kappa shape index (κ1) is 8.82. The molecule has 0 unspecified atom stereocenters. The van der Waals surface area contributed by atoms with Crippen molar-refractivity contribution in [3.63, 3.8) is 0 Å². The lowest BCUT2D eigenvalue weighted by Crippen LogP contribution is -1.90. The van der Waals surface area contributed by atoms with Crippen LogP contribution in [-0.2, 0) is 4.46 Å². The Kier molecular flexibility index (Phi) is 6.50. The van der Waals surface area contributed by atoms with Crippen molar-refractivity contribution in [2.24, 2.45) is 0 Å². The van der Waals surface area contributed by atoms with Crippen molar-refractivity contribution in [1.82, 2.24) is 0 Å². The van der Waals surface area contributed by atoms with Crippen molar-refractivity contribution in [3.8, 4) is 0 Å². The zero-order valence-electron chi connectivity index (χ0n) is 1.80. The molecule has 0 aliphatic rings. The predicted octanol–water partition coefficient (Wildman–Crippen LogP) is -2.80. The van der Waals surface area contributed by atoms with Crippen LogP contribution in [-0.4, -0.2) is 27.2 Å². The Hall–Kier alpha value is -0.318. The Bertz CT molecular complexity index is 29.9. The summed E-state index contributed by atoms with van der Waals surface area (Å²) < 4.78 is 8.74. The van der Waals surface area contributed by atoms with Gasteiger partial charge in [0.05, 0.1) is 8.41 Å². The van der Waals surface area contributed by atoms with E-state index >= 15 is 0 Å². The fraction of sp³-hybridized carbons (Fsp3) is 0. The molecule has 0 aliphatic carbocycles. The molecule has 0 bridgehead atoms. The molecule has 2 N–H and O–H groups in total. The maximum Gasteiger partial charge on any atom is 0.761 e. The molecule has 3 nitrogen and oxygen atoms in total. The molecule has 5 heavy (non-hydrogen) atoms. The molecule has 0 saturated heterocycles. The second-order valence-corrected chi connectivity index (χ2v) is 0.848. The molecule has 0 atom stereocenters. The smallest absolute Gasteiger partial charge is 0.511 e. The summed E-state index contributed by atoms with van der Waals surface area (Å²) in [6, 6.07) is 0. The van der Waals surface area contributed by atoms with Crippen LogP contribution in [0.4, 0.5) is 0 Å². The molecule has 0 aromatic rings. The van der Waals surface area contributed by atoms with E-state index in [9.17, 15) is 0 Å². The summed E-state index contributed by atoms with van der Waals surface area (Å²) >= 11 is 0. The highest BCUT2D eigenvalue weighted by molar-refractivity contribution is 6.22. The largest absolute Gasteiger partial charge is 0.761 e. The maximum absolute atomic E-state index is 8.74. The van der Waals surface area contributed by atoms with Crippen LogP contribution in [0.15, 0.2) is 0 Å². The van der Waals surface area contributed by atoms with Gasteiger partial charge in [-0.1, -0.05) is 0 Å². The van der Waals surface area contributed by atoms with Gasteiger partial charge in [-0.3, -0.25) is 4.46 Å². The maximum atomic E-state index is 8.74. The van der Waals surface area contributed by atoms with E-state index in [2.05, 4.69) is 0 Å². The highest BCUT2D eigenvalue weighted by Crippen LogP contribution is 1.27. The molecular formula is H5BO3Si. The van der Waals surface area contributed by atoms with Gasteiger partial charge in [0.1, 0.15) is 0 Å². The third-order valence-electron chi connectivity index (χ3n) is 0. The molecule has 0 saturated carbocycles. The SMILES string of the molecule is B.O=[Si](O)O. The quantitative estimate of drug-likeness (QED) is 0.317. The molecule has 0 heterocycles. The van der Waals surface area contributed by atoms with Crippen molar-refractivity contribution in [3.05, 3.63) is 0 Å². The summed E-state index contributed by atoms with van der Waals surface area (Å²) in [6.07, 6.45) is 0. The van der Waals surface area contributed by atoms with Gasteiger partial charge in [-0.15, -0.1) is 0 Å². The van der Waals surface area contributed by atoms with Crippen LogP contribution >= 0.6 is 0 Å². The standard InChI is InChI=1S/BH3.H2O3Si/c;1-4(2)3/h1H3;1-2H. The lowest BCUT2D eigenvalue weighted by Gasteiger charge is -1.55. The number of hydrogen-bond donors (Lipinski definition) is 2. The van der Waals surface area contributed by atoms with Gasteiger partial charge in [-0.2, -0.15) is 0 Å². The van der Waals surface area contributed by atoms with Gasteiger partial charge in [0.25, 0.3) is 0 Å². The third kappa shape index (κ3) is 103. The van der Waals surface area contributed by atoms with Crippen LogP contribution in [0.3, 0.4) is 0 Å². The molecule has 0 amide bonds. The van der Waals surface area contributed by atoms with Crippen LogP contribution in [0.1, 0.15) is 0 Å². The molecule has 0 aromatic carbocycles. The summed E-state index contributed by atoms with van der Waals surface area (Å²) in [4.78, 5) is 14.3. The van der Waals surface area contributed by atoms with Gasteiger partial charge in [0.2, 0.25) is 0 Å². The van der Waals surface area contributed by atoms with E-state index in [4.69, 9.17) is 14.1 Å². The Morgan fingerprint density at radius 2 is 1.40 bits per heavy atom. The van der Waals surface area contributed by atoms with Gasteiger partial charge in [0.15, 0.2) is 0 Å². The van der Waals surface area contributed by atoms with Gasteiger partial charge in [-0.25, -0.2) is 0 Å². The van der Waals surface area contributed by atoms with E-state index in [-0.39, 0.29) is 8.41 Å². The van der Waals surface area contributed by atoms with Gasteiger partial charge in [-0.05, 0) is 0 Å². The zero-order valence-corrected chi connectivity index (χ0v) is 2.80. The summed E-state index contributed by atoms with van der Waals surface area (Å²) in [7, 11) is -3.13. The Labute approximate surface area is 32.7 Å². The van der Waals surface area contributed by atoms with E-state index in [1.54, 1.807) is 0 Å². The average Bonchev–Trinajstić information content (AvgIpc) is 0.811. The van der Waals surface area contributed by atoms with Gasteiger partial charge >= 0.3 is 9.17 Å². The van der Waals surface area contributed by atoms with Gasteiger partial charge < -0.3 is 9.59 Å². The molecule has 0 rings (SSSR count). The Morgan fingerprint density at radius 1 is 1.40 bits per heavy atom. The number of rotatable bonds is 0. The van der Waals surface area contributed by atoms with Crippen molar-refractivity contribution in [2.75, 3.05) is 0 Å². The van der Waals surface area contributed by atoms with Crippen LogP contribution < -0.4 is 0 Å². The third-order valence-corrected chi connectivity index (χ3v) is 0. The summed E-state index contributed by atoms with van der Waals surface area (Å²) in [5.41, 5.74) is 0. The van der Waals surface area contributed by atoms with Crippen molar-refractivity contribution >= 4 is 17.6 Å². The summed E-state index contributed by atoms with van der Waals surface area (Å²) in [6.45, 7) is 0. The minimum Gasteiger partial charge on any atom is -0.511 e. The van der Waals surface area contributed by atoms with E-state index < -0.39 is 9.17 Å². The van der Waals surface area contributed by atoms with Gasteiger partial charge in [0, 0.05) is 0 Å². The van der Waals surface area contributed by atoms with Crippen molar-refractivity contribution < 1.29 is 14.1 Å². The molecule has 30 valence electrons. The van der Waals surface area contributed by atoms with E-state index in [1.807, 2.05) is 0 Å². The highest BCUT2D eigenvalue weighted by Gasteiger charge is 1.85. The highest BCUT2D eigenvalue weighted by atomic mass is 28.3. The van der Waals surface area contributed by atoms with Crippen LogP contribution in [0, 0.1) is 0 Å². The van der Waals surface area contributed by atoms with Crippen LogP contribution in [0.5, 0.6) is 0 Å².